The average Bonchev–Trinajstić information content (AvgIpc) is 3.13. The van der Waals surface area contributed by atoms with Crippen molar-refractivity contribution < 1.29 is 9.18 Å². The van der Waals surface area contributed by atoms with Crippen molar-refractivity contribution in [1.82, 2.24) is 19.8 Å². The second-order valence-electron chi connectivity index (χ2n) is 7.30. The average molecular weight is 438 g/mol. The summed E-state index contributed by atoms with van der Waals surface area (Å²) in [5, 5.41) is 9.68. The Balaban J connectivity index is 1.38. The highest BCUT2D eigenvalue weighted by atomic mass is 32.2. The SMILES string of the molecule is CC1CN(C#N)C2[C@@H]1N2C(=O)c1ncc(-c2ccncc2Sc2ccc(F)cc2)s1. The molecule has 2 saturated heterocycles. The van der Waals surface area contributed by atoms with Crippen molar-refractivity contribution in [1.29, 1.82) is 5.26 Å². The van der Waals surface area contributed by atoms with E-state index in [-0.39, 0.29) is 29.8 Å². The van der Waals surface area contributed by atoms with Gasteiger partial charge in [-0.15, -0.1) is 11.3 Å². The molecule has 0 aliphatic carbocycles. The van der Waals surface area contributed by atoms with Crippen LogP contribution in [0.2, 0.25) is 0 Å². The van der Waals surface area contributed by atoms with Gasteiger partial charge in [0, 0.05) is 40.5 Å². The van der Waals surface area contributed by atoms with Gasteiger partial charge in [-0.05, 0) is 36.2 Å². The molecule has 1 aromatic carbocycles. The fraction of sp³-hybridized carbons (Fsp3) is 0.238. The van der Waals surface area contributed by atoms with Gasteiger partial charge in [0.25, 0.3) is 5.91 Å². The number of pyridine rings is 1. The topological polar surface area (TPSA) is 72.9 Å². The maximum Gasteiger partial charge on any atom is 0.284 e. The Labute approximate surface area is 181 Å². The molecule has 2 fully saturated rings. The number of hydrogen-bond donors (Lipinski definition) is 0. The quantitative estimate of drug-likeness (QED) is 0.452. The summed E-state index contributed by atoms with van der Waals surface area (Å²) in [5.74, 6) is -0.132. The lowest BCUT2D eigenvalue weighted by atomic mass is 10.1. The maximum absolute atomic E-state index is 13.2. The van der Waals surface area contributed by atoms with Gasteiger partial charge in [-0.3, -0.25) is 14.7 Å². The number of nitrogens with zero attached hydrogens (tertiary/aromatic N) is 5. The van der Waals surface area contributed by atoms with Crippen LogP contribution in [0.25, 0.3) is 10.4 Å². The van der Waals surface area contributed by atoms with E-state index in [1.807, 2.05) is 6.07 Å². The van der Waals surface area contributed by atoms with Crippen molar-refractivity contribution in [2.75, 3.05) is 6.54 Å². The second-order valence-corrected chi connectivity index (χ2v) is 9.45. The number of hydrogen-bond acceptors (Lipinski definition) is 7. The lowest BCUT2D eigenvalue weighted by Crippen LogP contribution is -2.30. The molecular formula is C21H16FN5OS2. The molecule has 2 aromatic heterocycles. The van der Waals surface area contributed by atoms with Crippen LogP contribution in [0.15, 0.2) is 58.7 Å². The van der Waals surface area contributed by atoms with Crippen molar-refractivity contribution in [3.63, 3.8) is 0 Å². The Morgan fingerprint density at radius 3 is 2.87 bits per heavy atom. The zero-order valence-electron chi connectivity index (χ0n) is 15.9. The molecule has 4 heterocycles. The van der Waals surface area contributed by atoms with E-state index in [1.165, 1.54) is 35.2 Å². The lowest BCUT2D eigenvalue weighted by molar-refractivity contribution is 0.0816. The molecule has 0 spiro atoms. The van der Waals surface area contributed by atoms with Gasteiger partial charge in [0.05, 0.1) is 10.9 Å². The third kappa shape index (κ3) is 3.22. The molecular weight excluding hydrogens is 421 g/mol. The summed E-state index contributed by atoms with van der Waals surface area (Å²) in [5.41, 5.74) is 0.925. The van der Waals surface area contributed by atoms with Gasteiger partial charge >= 0.3 is 0 Å². The summed E-state index contributed by atoms with van der Waals surface area (Å²) in [6.07, 6.45) is 7.21. The predicted octanol–water partition coefficient (Wildman–Crippen LogP) is 4.08. The molecule has 2 aliphatic heterocycles. The lowest BCUT2D eigenvalue weighted by Gasteiger charge is -2.16. The number of halogens is 1. The number of carbonyl (C=O) groups excluding carboxylic acids is 1. The molecule has 5 rings (SSSR count). The van der Waals surface area contributed by atoms with Gasteiger partial charge in [0.15, 0.2) is 11.2 Å². The maximum atomic E-state index is 13.2. The number of amides is 1. The number of carbonyl (C=O) groups is 1. The third-order valence-electron chi connectivity index (χ3n) is 5.35. The van der Waals surface area contributed by atoms with Gasteiger partial charge in [-0.2, -0.15) is 5.26 Å². The first kappa shape index (κ1) is 19.0. The molecule has 9 heteroatoms. The van der Waals surface area contributed by atoms with E-state index in [0.717, 1.165) is 20.2 Å². The summed E-state index contributed by atoms with van der Waals surface area (Å²) in [6.45, 7) is 2.76. The fourth-order valence-electron chi connectivity index (χ4n) is 3.92. The van der Waals surface area contributed by atoms with Gasteiger partial charge in [0.1, 0.15) is 12.0 Å². The predicted molar refractivity (Wildman–Crippen MR) is 111 cm³/mol. The van der Waals surface area contributed by atoms with E-state index in [9.17, 15) is 14.4 Å². The van der Waals surface area contributed by atoms with Crippen molar-refractivity contribution >= 4 is 29.0 Å². The number of aromatic nitrogens is 2. The van der Waals surface area contributed by atoms with Crippen molar-refractivity contribution in [3.8, 4) is 16.6 Å². The summed E-state index contributed by atoms with van der Waals surface area (Å²) < 4.78 is 13.2. The largest absolute Gasteiger partial charge is 0.306 e. The summed E-state index contributed by atoms with van der Waals surface area (Å²) in [6, 6.07) is 8.27. The first-order valence-corrected chi connectivity index (χ1v) is 11.0. The van der Waals surface area contributed by atoms with Crippen molar-refractivity contribution in [2.45, 2.75) is 28.9 Å². The minimum atomic E-state index is -0.277. The third-order valence-corrected chi connectivity index (χ3v) is 7.42. The smallest absolute Gasteiger partial charge is 0.284 e. The molecule has 3 aromatic rings. The molecule has 0 saturated carbocycles. The minimum Gasteiger partial charge on any atom is -0.306 e. The zero-order chi connectivity index (χ0) is 20.8. The van der Waals surface area contributed by atoms with E-state index in [1.54, 1.807) is 40.5 Å². The highest BCUT2D eigenvalue weighted by Gasteiger charge is 2.62. The number of fused-ring (bicyclic) bond motifs is 1. The molecule has 3 atom stereocenters. The van der Waals surface area contributed by atoms with Crippen LogP contribution in [-0.2, 0) is 0 Å². The van der Waals surface area contributed by atoms with Gasteiger partial charge in [-0.25, -0.2) is 9.37 Å². The molecule has 6 nitrogen and oxygen atoms in total. The molecule has 2 aliphatic rings. The Kier molecular flexibility index (Phi) is 4.68. The molecule has 0 bridgehead atoms. The number of likely N-dealkylation sites (tertiary alicyclic amines) is 1. The summed E-state index contributed by atoms with van der Waals surface area (Å²) in [7, 11) is 0. The fourth-order valence-corrected chi connectivity index (χ4v) is 5.82. The molecule has 0 radical (unpaired) electrons. The normalized spacial score (nSPS) is 22.0. The van der Waals surface area contributed by atoms with Gasteiger partial charge in [0.2, 0.25) is 0 Å². The van der Waals surface area contributed by atoms with E-state index in [0.29, 0.717) is 11.6 Å². The van der Waals surface area contributed by atoms with E-state index >= 15 is 0 Å². The number of thiazole rings is 1. The molecule has 150 valence electrons. The van der Waals surface area contributed by atoms with E-state index in [2.05, 4.69) is 23.1 Å². The number of nitriles is 1. The Hall–Kier alpha value is -2.96. The highest BCUT2D eigenvalue weighted by molar-refractivity contribution is 7.99. The number of rotatable bonds is 4. The summed E-state index contributed by atoms with van der Waals surface area (Å²) in [4.78, 5) is 27.6. The molecule has 0 N–H and O–H groups in total. The highest BCUT2D eigenvalue weighted by Crippen LogP contribution is 2.45. The molecule has 1 amide bonds. The minimum absolute atomic E-state index is 0.0926. The Morgan fingerprint density at radius 2 is 2.10 bits per heavy atom. The van der Waals surface area contributed by atoms with Crippen LogP contribution >= 0.6 is 23.1 Å². The van der Waals surface area contributed by atoms with Gasteiger partial charge < -0.3 is 4.90 Å². The first-order chi connectivity index (χ1) is 14.6. The van der Waals surface area contributed by atoms with Crippen LogP contribution in [0.1, 0.15) is 16.7 Å². The van der Waals surface area contributed by atoms with E-state index in [4.69, 9.17) is 0 Å². The van der Waals surface area contributed by atoms with Crippen molar-refractivity contribution in [3.05, 3.63) is 59.7 Å². The van der Waals surface area contributed by atoms with Crippen molar-refractivity contribution in [2.24, 2.45) is 5.92 Å². The first-order valence-electron chi connectivity index (χ1n) is 9.39. The second kappa shape index (κ2) is 7.38. The summed E-state index contributed by atoms with van der Waals surface area (Å²) >= 11 is 2.82. The van der Waals surface area contributed by atoms with Crippen LogP contribution in [0, 0.1) is 23.2 Å². The standard InChI is InChI=1S/C21H16FN5OS2/c1-12-10-26(11-23)20-18(12)27(20)21(28)19-25-9-17(30-19)15-6-7-24-8-16(15)29-14-4-2-13(22)3-5-14/h2-9,12,18,20H,10H2,1H3/t12?,18-,20?,27?/m1/s1. The zero-order valence-corrected chi connectivity index (χ0v) is 17.5. The van der Waals surface area contributed by atoms with Gasteiger partial charge in [-0.1, -0.05) is 18.7 Å². The van der Waals surface area contributed by atoms with E-state index < -0.39 is 0 Å². The molecule has 30 heavy (non-hydrogen) atoms. The molecule has 2 unspecified atom stereocenters. The Morgan fingerprint density at radius 1 is 1.30 bits per heavy atom. The van der Waals surface area contributed by atoms with Crippen LogP contribution < -0.4 is 0 Å². The monoisotopic (exact) mass is 437 g/mol. The van der Waals surface area contributed by atoms with Crippen LogP contribution in [0.3, 0.4) is 0 Å². The number of benzene rings is 1. The van der Waals surface area contributed by atoms with Crippen LogP contribution in [0.5, 0.6) is 0 Å². The Bertz CT molecular complexity index is 1160. The van der Waals surface area contributed by atoms with Crippen LogP contribution in [0.4, 0.5) is 4.39 Å². The van der Waals surface area contributed by atoms with Crippen LogP contribution in [-0.4, -0.2) is 44.4 Å².